The molecule has 0 aliphatic heterocycles. The van der Waals surface area contributed by atoms with E-state index in [1.165, 1.54) is 0 Å². The van der Waals surface area contributed by atoms with Gasteiger partial charge in [0.15, 0.2) is 5.78 Å². The van der Waals surface area contributed by atoms with E-state index >= 15 is 0 Å². The first kappa shape index (κ1) is 13.5. The predicted octanol–water partition coefficient (Wildman–Crippen LogP) is 2.55. The summed E-state index contributed by atoms with van der Waals surface area (Å²) in [7, 11) is 0. The van der Waals surface area contributed by atoms with Crippen LogP contribution in [0.1, 0.15) is 26.5 Å². The van der Waals surface area contributed by atoms with Gasteiger partial charge in [0.2, 0.25) is 5.95 Å². The summed E-state index contributed by atoms with van der Waals surface area (Å²) in [6.45, 7) is 1.71. The van der Waals surface area contributed by atoms with E-state index in [9.17, 15) is 9.59 Å². The first-order chi connectivity index (χ1) is 9.11. The Labute approximate surface area is 118 Å². The third kappa shape index (κ3) is 3.08. The number of aryl methyl sites for hydroxylation is 1. The van der Waals surface area contributed by atoms with Crippen LogP contribution in [0.3, 0.4) is 0 Å². The van der Waals surface area contributed by atoms with E-state index < -0.39 is 0 Å². The van der Waals surface area contributed by atoms with Crippen LogP contribution in [-0.4, -0.2) is 27.0 Å². The van der Waals surface area contributed by atoms with E-state index in [4.69, 9.17) is 0 Å². The Morgan fingerprint density at radius 3 is 2.63 bits per heavy atom. The quantitative estimate of drug-likeness (QED) is 0.671. The molecule has 0 radical (unpaired) electrons. The fraction of sp³-hybridized carbons (Fsp3) is 0.154. The number of ketones is 1. The number of aromatic nitrogens is 2. The van der Waals surface area contributed by atoms with Gasteiger partial charge in [0, 0.05) is 5.56 Å². The van der Waals surface area contributed by atoms with Gasteiger partial charge in [0.1, 0.15) is 5.69 Å². The average molecular weight is 322 g/mol. The second-order valence-corrected chi connectivity index (χ2v) is 4.48. The highest BCUT2D eigenvalue weighted by molar-refractivity contribution is 9.09. The minimum Gasteiger partial charge on any atom is -0.321 e. The number of nitrogens with zero attached hydrogens (tertiary/aromatic N) is 1. The van der Waals surface area contributed by atoms with E-state index in [1.807, 2.05) is 6.07 Å². The van der Waals surface area contributed by atoms with Crippen LogP contribution in [0, 0.1) is 6.92 Å². The number of imidazole rings is 1. The van der Waals surface area contributed by atoms with Crippen LogP contribution in [0.4, 0.5) is 5.95 Å². The Balaban J connectivity index is 2.16. The van der Waals surface area contributed by atoms with Crippen LogP contribution in [0.5, 0.6) is 0 Å². The highest BCUT2D eigenvalue weighted by Crippen LogP contribution is 2.12. The van der Waals surface area contributed by atoms with E-state index in [0.717, 1.165) is 0 Å². The first-order valence-electron chi connectivity index (χ1n) is 5.64. The lowest BCUT2D eigenvalue weighted by Gasteiger charge is -2.00. The summed E-state index contributed by atoms with van der Waals surface area (Å²) in [5, 5.41) is 2.84. The second-order valence-electron chi connectivity index (χ2n) is 3.92. The summed E-state index contributed by atoms with van der Waals surface area (Å²) in [4.78, 5) is 30.4. The van der Waals surface area contributed by atoms with E-state index in [0.29, 0.717) is 17.0 Å². The van der Waals surface area contributed by atoms with Crippen molar-refractivity contribution in [1.29, 1.82) is 0 Å². The number of carbonyl (C=O) groups is 2. The molecule has 19 heavy (non-hydrogen) atoms. The minimum atomic E-state index is -0.271. The number of carbonyl (C=O) groups excluding carboxylic acids is 2. The molecular formula is C13H12BrN3O2. The number of Topliss-reactive ketones (excluding diaryl/α,β-unsaturated/α-hetero) is 1. The average Bonchev–Trinajstić information content (AvgIpc) is 2.79. The van der Waals surface area contributed by atoms with Gasteiger partial charge in [0.25, 0.3) is 5.91 Å². The SMILES string of the molecule is Cc1nc(NC(=O)c2ccccc2)[nH]c1C(=O)CBr. The highest BCUT2D eigenvalue weighted by Gasteiger charge is 2.14. The summed E-state index contributed by atoms with van der Waals surface area (Å²) in [5.41, 5.74) is 1.50. The normalized spacial score (nSPS) is 10.2. The molecule has 1 aromatic carbocycles. The number of halogens is 1. The van der Waals surface area contributed by atoms with Crippen molar-refractivity contribution in [3.8, 4) is 0 Å². The number of hydrogen-bond donors (Lipinski definition) is 2. The molecule has 0 unspecified atom stereocenters. The Kier molecular flexibility index (Phi) is 4.11. The number of hydrogen-bond acceptors (Lipinski definition) is 3. The van der Waals surface area contributed by atoms with Crippen molar-refractivity contribution in [1.82, 2.24) is 9.97 Å². The zero-order valence-corrected chi connectivity index (χ0v) is 11.8. The first-order valence-corrected chi connectivity index (χ1v) is 6.76. The summed E-state index contributed by atoms with van der Waals surface area (Å²) < 4.78 is 0. The molecule has 2 N–H and O–H groups in total. The van der Waals surface area contributed by atoms with Crippen molar-refractivity contribution in [3.05, 3.63) is 47.3 Å². The Morgan fingerprint density at radius 2 is 2.00 bits per heavy atom. The smallest absolute Gasteiger partial charge is 0.257 e. The summed E-state index contributed by atoms with van der Waals surface area (Å²) in [5.74, 6) is -0.104. The largest absolute Gasteiger partial charge is 0.321 e. The van der Waals surface area contributed by atoms with E-state index in [2.05, 4.69) is 31.2 Å². The molecule has 0 spiro atoms. The number of anilines is 1. The molecule has 0 atom stereocenters. The molecule has 0 saturated carbocycles. The van der Waals surface area contributed by atoms with Crippen LogP contribution < -0.4 is 5.32 Å². The fourth-order valence-electron chi connectivity index (χ4n) is 1.63. The molecule has 1 heterocycles. The van der Waals surface area contributed by atoms with Gasteiger partial charge in [-0.3, -0.25) is 14.9 Å². The molecule has 0 saturated heterocycles. The monoisotopic (exact) mass is 321 g/mol. The van der Waals surface area contributed by atoms with Gasteiger partial charge < -0.3 is 4.98 Å². The molecule has 0 aliphatic rings. The van der Waals surface area contributed by atoms with Crippen molar-refractivity contribution < 1.29 is 9.59 Å². The van der Waals surface area contributed by atoms with Crippen LogP contribution in [-0.2, 0) is 0 Å². The number of amides is 1. The molecular weight excluding hydrogens is 310 g/mol. The maximum Gasteiger partial charge on any atom is 0.257 e. The van der Waals surface area contributed by atoms with Crippen LogP contribution in [0.15, 0.2) is 30.3 Å². The molecule has 1 aromatic heterocycles. The molecule has 98 valence electrons. The molecule has 2 rings (SSSR count). The summed E-state index contributed by atoms with van der Waals surface area (Å²) in [6, 6.07) is 8.80. The second kappa shape index (κ2) is 5.79. The van der Waals surface area contributed by atoms with Crippen LogP contribution in [0.2, 0.25) is 0 Å². The van der Waals surface area contributed by atoms with Gasteiger partial charge >= 0.3 is 0 Å². The van der Waals surface area contributed by atoms with Gasteiger partial charge in [-0.25, -0.2) is 4.98 Å². The summed E-state index contributed by atoms with van der Waals surface area (Å²) in [6.07, 6.45) is 0. The number of rotatable bonds is 4. The van der Waals surface area contributed by atoms with Gasteiger partial charge in [0.05, 0.1) is 11.0 Å². The van der Waals surface area contributed by atoms with Gasteiger partial charge in [-0.15, -0.1) is 0 Å². The molecule has 6 heteroatoms. The van der Waals surface area contributed by atoms with E-state index in [-0.39, 0.29) is 23.0 Å². The van der Waals surface area contributed by atoms with Gasteiger partial charge in [-0.2, -0.15) is 0 Å². The lowest BCUT2D eigenvalue weighted by molar-refractivity contribution is 0.101. The van der Waals surface area contributed by atoms with Crippen molar-refractivity contribution >= 4 is 33.6 Å². The standard InChI is InChI=1S/C13H12BrN3O2/c1-8-11(10(18)7-14)16-13(15-8)17-12(19)9-5-3-2-4-6-9/h2-6H,7H2,1H3,(H2,15,16,17,19). The number of H-pyrrole nitrogens is 1. The number of nitrogens with one attached hydrogen (secondary N) is 2. The Hall–Kier alpha value is -1.95. The van der Waals surface area contributed by atoms with Crippen LogP contribution in [0.25, 0.3) is 0 Å². The van der Waals surface area contributed by atoms with Gasteiger partial charge in [-0.1, -0.05) is 34.1 Å². The molecule has 2 aromatic rings. The zero-order valence-electron chi connectivity index (χ0n) is 10.2. The number of benzene rings is 1. The number of alkyl halides is 1. The van der Waals surface area contributed by atoms with Crippen molar-refractivity contribution in [2.75, 3.05) is 10.6 Å². The lowest BCUT2D eigenvalue weighted by Crippen LogP contribution is -2.13. The maximum absolute atomic E-state index is 11.9. The third-order valence-corrected chi connectivity index (χ3v) is 3.06. The number of aromatic amines is 1. The third-order valence-electron chi connectivity index (χ3n) is 2.55. The van der Waals surface area contributed by atoms with Crippen LogP contribution >= 0.6 is 15.9 Å². The lowest BCUT2D eigenvalue weighted by atomic mass is 10.2. The topological polar surface area (TPSA) is 74.8 Å². The Morgan fingerprint density at radius 1 is 1.32 bits per heavy atom. The molecule has 5 nitrogen and oxygen atoms in total. The maximum atomic E-state index is 11.9. The molecule has 0 bridgehead atoms. The highest BCUT2D eigenvalue weighted by atomic mass is 79.9. The minimum absolute atomic E-state index is 0.106. The fourth-order valence-corrected chi connectivity index (χ4v) is 1.91. The van der Waals surface area contributed by atoms with E-state index in [1.54, 1.807) is 31.2 Å². The molecule has 1 amide bonds. The van der Waals surface area contributed by atoms with Crippen molar-refractivity contribution in [2.24, 2.45) is 0 Å². The molecule has 0 fully saturated rings. The molecule has 0 aliphatic carbocycles. The predicted molar refractivity (Wildman–Crippen MR) is 75.8 cm³/mol. The summed E-state index contributed by atoms with van der Waals surface area (Å²) >= 11 is 3.10. The van der Waals surface area contributed by atoms with Gasteiger partial charge in [-0.05, 0) is 19.1 Å². The van der Waals surface area contributed by atoms with Crippen molar-refractivity contribution in [2.45, 2.75) is 6.92 Å². The van der Waals surface area contributed by atoms with Crippen molar-refractivity contribution in [3.63, 3.8) is 0 Å². The zero-order chi connectivity index (χ0) is 13.8. The Bertz CT molecular complexity index is 608.